The van der Waals surface area contributed by atoms with Gasteiger partial charge in [-0.2, -0.15) is 13.2 Å². The van der Waals surface area contributed by atoms with Gasteiger partial charge in [-0.15, -0.1) is 0 Å². The van der Waals surface area contributed by atoms with Crippen LogP contribution in [0.25, 0.3) is 0 Å². The van der Waals surface area contributed by atoms with Gasteiger partial charge in [0, 0.05) is 32.2 Å². The number of carbonyl (C=O) groups is 2. The summed E-state index contributed by atoms with van der Waals surface area (Å²) in [6.45, 7) is 0.136. The quantitative estimate of drug-likeness (QED) is 0.787. The standard InChI is InChI=1S/C20H19F3N2O3/c1-28-19(10-13-4-2-3-5-14(13)11-19)12-24-17(26)18(27)25-16-8-6-15(7-9-16)20(21,22)23/h2-9H,10-12H2,1H3,(H,24,26)(H,25,27). The molecule has 0 spiro atoms. The zero-order valence-electron chi connectivity index (χ0n) is 15.1. The molecule has 0 radical (unpaired) electrons. The number of ether oxygens (including phenoxy) is 1. The summed E-state index contributed by atoms with van der Waals surface area (Å²) in [5.41, 5.74) is 0.898. The minimum Gasteiger partial charge on any atom is -0.376 e. The molecule has 0 aromatic heterocycles. The lowest BCUT2D eigenvalue weighted by molar-refractivity contribution is -0.137. The first-order valence-corrected chi connectivity index (χ1v) is 8.61. The number of nitrogens with one attached hydrogen (secondary N) is 2. The van der Waals surface area contributed by atoms with Crippen molar-refractivity contribution in [1.29, 1.82) is 0 Å². The summed E-state index contributed by atoms with van der Waals surface area (Å²) in [4.78, 5) is 24.1. The van der Waals surface area contributed by atoms with E-state index in [9.17, 15) is 22.8 Å². The van der Waals surface area contributed by atoms with Gasteiger partial charge in [-0.05, 0) is 35.4 Å². The van der Waals surface area contributed by atoms with E-state index in [1.165, 1.54) is 0 Å². The van der Waals surface area contributed by atoms with Crippen molar-refractivity contribution in [3.05, 3.63) is 65.2 Å². The Morgan fingerprint density at radius 2 is 1.57 bits per heavy atom. The number of hydrogen-bond donors (Lipinski definition) is 2. The number of fused-ring (bicyclic) bond motifs is 1. The van der Waals surface area contributed by atoms with Crippen molar-refractivity contribution < 1.29 is 27.5 Å². The summed E-state index contributed by atoms with van der Waals surface area (Å²) in [5, 5.41) is 4.84. The molecule has 2 N–H and O–H groups in total. The van der Waals surface area contributed by atoms with E-state index in [1.54, 1.807) is 7.11 Å². The Hall–Kier alpha value is -2.87. The Balaban J connectivity index is 1.57. The van der Waals surface area contributed by atoms with Gasteiger partial charge < -0.3 is 15.4 Å². The zero-order valence-corrected chi connectivity index (χ0v) is 15.1. The fraction of sp³-hybridized carbons (Fsp3) is 0.300. The molecule has 0 saturated heterocycles. The highest BCUT2D eigenvalue weighted by Crippen LogP contribution is 2.32. The highest BCUT2D eigenvalue weighted by atomic mass is 19.4. The topological polar surface area (TPSA) is 67.4 Å². The monoisotopic (exact) mass is 392 g/mol. The first-order valence-electron chi connectivity index (χ1n) is 8.61. The molecule has 1 aliphatic rings. The summed E-state index contributed by atoms with van der Waals surface area (Å²) < 4.78 is 43.3. The number of rotatable bonds is 4. The van der Waals surface area contributed by atoms with Gasteiger partial charge in [0.1, 0.15) is 0 Å². The van der Waals surface area contributed by atoms with Crippen LogP contribution in [-0.4, -0.2) is 31.1 Å². The number of carbonyl (C=O) groups excluding carboxylic acids is 2. The molecule has 0 heterocycles. The number of benzene rings is 2. The Morgan fingerprint density at radius 1 is 1.00 bits per heavy atom. The second-order valence-electron chi connectivity index (χ2n) is 6.72. The zero-order chi connectivity index (χ0) is 20.4. The number of halogens is 3. The van der Waals surface area contributed by atoms with E-state index in [0.717, 1.165) is 35.4 Å². The third kappa shape index (κ3) is 4.33. The summed E-state index contributed by atoms with van der Waals surface area (Å²) >= 11 is 0. The molecule has 2 aromatic carbocycles. The molecule has 28 heavy (non-hydrogen) atoms. The smallest absolute Gasteiger partial charge is 0.376 e. The van der Waals surface area contributed by atoms with E-state index in [4.69, 9.17) is 4.74 Å². The maximum atomic E-state index is 12.6. The van der Waals surface area contributed by atoms with Crippen LogP contribution in [0.15, 0.2) is 48.5 Å². The minimum atomic E-state index is -4.47. The largest absolute Gasteiger partial charge is 0.416 e. The van der Waals surface area contributed by atoms with E-state index in [-0.39, 0.29) is 12.2 Å². The molecule has 1 aliphatic carbocycles. The first kappa shape index (κ1) is 19.9. The highest BCUT2D eigenvalue weighted by Gasteiger charge is 2.38. The van der Waals surface area contributed by atoms with Crippen LogP contribution in [-0.2, 0) is 33.3 Å². The van der Waals surface area contributed by atoms with Crippen LogP contribution in [0, 0.1) is 0 Å². The molecule has 0 saturated carbocycles. The van der Waals surface area contributed by atoms with Crippen molar-refractivity contribution in [2.75, 3.05) is 19.0 Å². The molecule has 0 atom stereocenters. The molecular formula is C20H19F3N2O3. The average molecular weight is 392 g/mol. The molecule has 8 heteroatoms. The molecule has 2 amide bonds. The van der Waals surface area contributed by atoms with Gasteiger partial charge in [0.15, 0.2) is 0 Å². The fourth-order valence-electron chi connectivity index (χ4n) is 3.25. The van der Waals surface area contributed by atoms with Crippen LogP contribution in [0.4, 0.5) is 18.9 Å². The molecule has 148 valence electrons. The first-order chi connectivity index (χ1) is 13.2. The molecule has 5 nitrogen and oxygen atoms in total. The Labute approximate surface area is 159 Å². The van der Waals surface area contributed by atoms with Gasteiger partial charge in [0.25, 0.3) is 0 Å². The fourth-order valence-corrected chi connectivity index (χ4v) is 3.25. The summed E-state index contributed by atoms with van der Waals surface area (Å²) in [6, 6.07) is 11.7. The van der Waals surface area contributed by atoms with Crippen LogP contribution < -0.4 is 10.6 Å². The summed E-state index contributed by atoms with van der Waals surface area (Å²) in [7, 11) is 1.56. The average Bonchev–Trinajstić information content (AvgIpc) is 3.05. The van der Waals surface area contributed by atoms with Gasteiger partial charge in [-0.3, -0.25) is 9.59 Å². The number of methoxy groups -OCH3 is 1. The number of alkyl halides is 3. The Bertz CT molecular complexity index is 854. The maximum Gasteiger partial charge on any atom is 0.416 e. The third-order valence-corrected chi connectivity index (χ3v) is 4.82. The predicted octanol–water partition coefficient (Wildman–Crippen LogP) is 2.94. The van der Waals surface area contributed by atoms with Crippen LogP contribution >= 0.6 is 0 Å². The van der Waals surface area contributed by atoms with Crippen molar-refractivity contribution in [2.45, 2.75) is 24.6 Å². The number of amides is 2. The molecule has 3 rings (SSSR count). The van der Waals surface area contributed by atoms with Crippen molar-refractivity contribution in [2.24, 2.45) is 0 Å². The van der Waals surface area contributed by atoms with Crippen LogP contribution in [0.3, 0.4) is 0 Å². The van der Waals surface area contributed by atoms with Crippen LogP contribution in [0.2, 0.25) is 0 Å². The van der Waals surface area contributed by atoms with Gasteiger partial charge in [-0.1, -0.05) is 24.3 Å². The second-order valence-corrected chi connectivity index (χ2v) is 6.72. The molecule has 0 aliphatic heterocycles. The van der Waals surface area contributed by atoms with Gasteiger partial charge in [0.2, 0.25) is 0 Å². The van der Waals surface area contributed by atoms with E-state index in [2.05, 4.69) is 10.6 Å². The SMILES string of the molecule is COC1(CNC(=O)C(=O)Nc2ccc(C(F)(F)F)cc2)Cc2ccccc2C1. The van der Waals surface area contributed by atoms with Crippen molar-refractivity contribution in [3.63, 3.8) is 0 Å². The van der Waals surface area contributed by atoms with Gasteiger partial charge >= 0.3 is 18.0 Å². The number of hydrogen-bond acceptors (Lipinski definition) is 3. The second kappa shape index (κ2) is 7.63. The van der Waals surface area contributed by atoms with Crippen molar-refractivity contribution >= 4 is 17.5 Å². The molecule has 2 aromatic rings. The molecular weight excluding hydrogens is 373 g/mol. The third-order valence-electron chi connectivity index (χ3n) is 4.82. The maximum absolute atomic E-state index is 12.6. The normalized spacial score (nSPS) is 15.0. The lowest BCUT2D eigenvalue weighted by Crippen LogP contribution is -2.48. The van der Waals surface area contributed by atoms with Crippen LogP contribution in [0.5, 0.6) is 0 Å². The summed E-state index contributed by atoms with van der Waals surface area (Å²) in [5.74, 6) is -1.84. The van der Waals surface area contributed by atoms with Gasteiger partial charge in [-0.25, -0.2) is 0 Å². The van der Waals surface area contributed by atoms with Gasteiger partial charge in [0.05, 0.1) is 11.2 Å². The van der Waals surface area contributed by atoms with E-state index in [0.29, 0.717) is 12.8 Å². The lowest BCUT2D eigenvalue weighted by Gasteiger charge is -2.27. The Morgan fingerprint density at radius 3 is 2.07 bits per heavy atom. The lowest BCUT2D eigenvalue weighted by atomic mass is 10.00. The van der Waals surface area contributed by atoms with Crippen LogP contribution in [0.1, 0.15) is 16.7 Å². The molecule has 0 fully saturated rings. The van der Waals surface area contributed by atoms with E-state index >= 15 is 0 Å². The predicted molar refractivity (Wildman–Crippen MR) is 96.7 cm³/mol. The molecule has 0 bridgehead atoms. The minimum absolute atomic E-state index is 0.0999. The highest BCUT2D eigenvalue weighted by molar-refractivity contribution is 6.39. The van der Waals surface area contributed by atoms with E-state index in [1.807, 2.05) is 24.3 Å². The Kier molecular flexibility index (Phi) is 5.42. The van der Waals surface area contributed by atoms with Crippen molar-refractivity contribution in [1.82, 2.24) is 5.32 Å². The van der Waals surface area contributed by atoms with E-state index < -0.39 is 29.2 Å². The summed E-state index contributed by atoms with van der Waals surface area (Å²) in [6.07, 6.45) is -3.24. The van der Waals surface area contributed by atoms with Crippen molar-refractivity contribution in [3.8, 4) is 0 Å². The molecule has 0 unspecified atom stereocenters. The number of anilines is 1.